The molecule has 0 bridgehead atoms. The maximum absolute atomic E-state index is 12.0. The number of carbonyl (C=O) groups excluding carboxylic acids is 1. The van der Waals surface area contributed by atoms with Crippen molar-refractivity contribution in [2.45, 2.75) is 13.3 Å². The summed E-state index contributed by atoms with van der Waals surface area (Å²) < 4.78 is 44.4. The lowest BCUT2D eigenvalue weighted by Crippen LogP contribution is -2.18. The van der Waals surface area contributed by atoms with Gasteiger partial charge in [-0.15, -0.1) is 13.2 Å². The molecule has 0 aliphatic heterocycles. The Morgan fingerprint density at radius 1 is 1.42 bits per heavy atom. The van der Waals surface area contributed by atoms with E-state index < -0.39 is 18.1 Å². The number of anilines is 1. The van der Waals surface area contributed by atoms with Gasteiger partial charge in [0.15, 0.2) is 5.75 Å². The van der Waals surface area contributed by atoms with Gasteiger partial charge in [0, 0.05) is 6.08 Å². The summed E-state index contributed by atoms with van der Waals surface area (Å²) in [5.74, 6) is -1.03. The topological polar surface area (TPSA) is 61.5 Å². The molecule has 0 atom stereocenters. The molecule has 0 heterocycles. The van der Waals surface area contributed by atoms with Crippen molar-refractivity contribution < 1.29 is 27.4 Å². The van der Waals surface area contributed by atoms with Crippen molar-refractivity contribution in [2.24, 2.45) is 0 Å². The molecule has 1 rings (SSSR count). The molecular formula is C12H12F3NO3. The maximum atomic E-state index is 12.0. The second-order valence-corrected chi connectivity index (χ2v) is 3.43. The monoisotopic (exact) mass is 275 g/mol. The van der Waals surface area contributed by atoms with E-state index in [9.17, 15) is 18.0 Å². The molecule has 1 aromatic carbocycles. The first kappa shape index (κ1) is 14.9. The Balaban J connectivity index is 2.80. The number of hydrogen-bond acceptors (Lipinski definition) is 4. The van der Waals surface area contributed by atoms with E-state index >= 15 is 0 Å². The fourth-order valence-electron chi connectivity index (χ4n) is 1.24. The number of rotatable bonds is 4. The highest BCUT2D eigenvalue weighted by molar-refractivity contribution is 5.87. The third-order valence-corrected chi connectivity index (χ3v) is 1.96. The van der Waals surface area contributed by atoms with Crippen molar-refractivity contribution >= 4 is 17.7 Å². The summed E-state index contributed by atoms with van der Waals surface area (Å²) in [4.78, 5) is 11.0. The van der Waals surface area contributed by atoms with E-state index in [1.165, 1.54) is 18.2 Å². The Bertz CT molecular complexity index is 484. The number of carbonyl (C=O) groups is 1. The third kappa shape index (κ3) is 5.33. The van der Waals surface area contributed by atoms with Crippen LogP contribution in [0.15, 0.2) is 24.3 Å². The zero-order valence-electron chi connectivity index (χ0n) is 10.0. The number of alkyl halides is 3. The number of nitrogen functional groups attached to an aromatic ring is 1. The standard InChI is InChI=1S/C12H12F3NO3/c1-2-18-11(17)6-4-8-3-5-10(9(16)7-8)19-12(13,14)15/h3-7H,2,16H2,1H3. The largest absolute Gasteiger partial charge is 0.573 e. The first-order valence-electron chi connectivity index (χ1n) is 5.32. The lowest BCUT2D eigenvalue weighted by atomic mass is 10.2. The molecule has 0 amide bonds. The Morgan fingerprint density at radius 2 is 2.11 bits per heavy atom. The molecule has 4 nitrogen and oxygen atoms in total. The summed E-state index contributed by atoms with van der Waals surface area (Å²) in [6, 6.07) is 3.68. The van der Waals surface area contributed by atoms with Crippen LogP contribution in [0.25, 0.3) is 6.08 Å². The van der Waals surface area contributed by atoms with Crippen LogP contribution in [0, 0.1) is 0 Å². The first-order valence-corrected chi connectivity index (χ1v) is 5.32. The minimum atomic E-state index is -4.80. The first-order chi connectivity index (χ1) is 8.81. The summed E-state index contributed by atoms with van der Waals surface area (Å²) in [6.45, 7) is 1.90. The Hall–Kier alpha value is -2.18. The van der Waals surface area contributed by atoms with Crippen LogP contribution in [-0.4, -0.2) is 18.9 Å². The Labute approximate surface area is 107 Å². The summed E-state index contributed by atoms with van der Waals surface area (Å²) in [5.41, 5.74) is 5.70. The smallest absolute Gasteiger partial charge is 0.463 e. The highest BCUT2D eigenvalue weighted by Crippen LogP contribution is 2.29. The van der Waals surface area contributed by atoms with Gasteiger partial charge >= 0.3 is 12.3 Å². The number of esters is 1. The molecule has 0 spiro atoms. The van der Waals surface area contributed by atoms with Crippen LogP contribution in [0.4, 0.5) is 18.9 Å². The second kappa shape index (κ2) is 6.12. The van der Waals surface area contributed by atoms with Gasteiger partial charge < -0.3 is 15.2 Å². The molecule has 0 saturated carbocycles. The van der Waals surface area contributed by atoms with Crippen molar-refractivity contribution in [1.29, 1.82) is 0 Å². The van der Waals surface area contributed by atoms with Crippen LogP contribution in [0.5, 0.6) is 5.75 Å². The lowest BCUT2D eigenvalue weighted by molar-refractivity contribution is -0.274. The van der Waals surface area contributed by atoms with E-state index in [2.05, 4.69) is 9.47 Å². The summed E-state index contributed by atoms with van der Waals surface area (Å²) in [7, 11) is 0. The van der Waals surface area contributed by atoms with Gasteiger partial charge in [0.2, 0.25) is 0 Å². The molecule has 1 aromatic rings. The van der Waals surface area contributed by atoms with Crippen LogP contribution >= 0.6 is 0 Å². The molecule has 0 aliphatic carbocycles. The van der Waals surface area contributed by atoms with Gasteiger partial charge in [0.05, 0.1) is 12.3 Å². The number of nitrogens with two attached hydrogens (primary N) is 1. The van der Waals surface area contributed by atoms with Crippen molar-refractivity contribution in [2.75, 3.05) is 12.3 Å². The Kier molecular flexibility index (Phi) is 4.80. The lowest BCUT2D eigenvalue weighted by Gasteiger charge is -2.11. The summed E-state index contributed by atoms with van der Waals surface area (Å²) in [5, 5.41) is 0. The van der Waals surface area contributed by atoms with E-state index in [0.29, 0.717) is 5.56 Å². The van der Waals surface area contributed by atoms with Gasteiger partial charge in [-0.1, -0.05) is 6.07 Å². The zero-order valence-corrected chi connectivity index (χ0v) is 10.0. The van der Waals surface area contributed by atoms with Gasteiger partial charge in [-0.2, -0.15) is 0 Å². The van der Waals surface area contributed by atoms with Gasteiger partial charge in [-0.3, -0.25) is 0 Å². The molecule has 7 heteroatoms. The van der Waals surface area contributed by atoms with Gasteiger partial charge in [0.25, 0.3) is 0 Å². The SMILES string of the molecule is CCOC(=O)C=Cc1ccc(OC(F)(F)F)c(N)c1. The van der Waals surface area contributed by atoms with Crippen LogP contribution < -0.4 is 10.5 Å². The van der Waals surface area contributed by atoms with Crippen molar-refractivity contribution in [3.05, 3.63) is 29.8 Å². The van der Waals surface area contributed by atoms with Crippen LogP contribution in [0.2, 0.25) is 0 Å². The minimum absolute atomic E-state index is 0.177. The average Bonchev–Trinajstić information content (AvgIpc) is 2.28. The highest BCUT2D eigenvalue weighted by Gasteiger charge is 2.31. The third-order valence-electron chi connectivity index (χ3n) is 1.96. The molecule has 0 unspecified atom stereocenters. The molecule has 0 saturated heterocycles. The second-order valence-electron chi connectivity index (χ2n) is 3.43. The molecule has 2 N–H and O–H groups in total. The molecule has 0 aromatic heterocycles. The quantitative estimate of drug-likeness (QED) is 0.521. The van der Waals surface area contributed by atoms with Crippen molar-refractivity contribution in [3.8, 4) is 5.75 Å². The molecular weight excluding hydrogens is 263 g/mol. The van der Waals surface area contributed by atoms with Crippen molar-refractivity contribution in [1.82, 2.24) is 0 Å². The predicted molar refractivity (Wildman–Crippen MR) is 63.2 cm³/mol. The van der Waals surface area contributed by atoms with Crippen molar-refractivity contribution in [3.63, 3.8) is 0 Å². The number of hydrogen-bond donors (Lipinski definition) is 1. The molecule has 104 valence electrons. The van der Waals surface area contributed by atoms with Crippen LogP contribution in [0.1, 0.15) is 12.5 Å². The number of ether oxygens (including phenoxy) is 2. The highest BCUT2D eigenvalue weighted by atomic mass is 19.4. The van der Waals surface area contributed by atoms with Crippen LogP contribution in [0.3, 0.4) is 0 Å². The van der Waals surface area contributed by atoms with E-state index in [-0.39, 0.29) is 12.3 Å². The van der Waals surface area contributed by atoms with E-state index in [1.807, 2.05) is 0 Å². The summed E-state index contributed by atoms with van der Waals surface area (Å²) in [6.07, 6.45) is -2.26. The zero-order chi connectivity index (χ0) is 14.5. The molecule has 0 radical (unpaired) electrons. The van der Waals surface area contributed by atoms with Gasteiger partial charge in [0.1, 0.15) is 0 Å². The van der Waals surface area contributed by atoms with Gasteiger partial charge in [-0.25, -0.2) is 4.79 Å². The molecule has 0 fully saturated rings. The number of benzene rings is 1. The van der Waals surface area contributed by atoms with E-state index in [0.717, 1.165) is 12.1 Å². The average molecular weight is 275 g/mol. The summed E-state index contributed by atoms with van der Waals surface area (Å²) >= 11 is 0. The van der Waals surface area contributed by atoms with E-state index in [4.69, 9.17) is 5.73 Å². The predicted octanol–water partition coefficient (Wildman–Crippen LogP) is 2.74. The number of halogens is 3. The fourth-order valence-corrected chi connectivity index (χ4v) is 1.24. The van der Waals surface area contributed by atoms with Crippen LogP contribution in [-0.2, 0) is 9.53 Å². The molecule has 0 aliphatic rings. The van der Waals surface area contributed by atoms with E-state index in [1.54, 1.807) is 6.92 Å². The Morgan fingerprint density at radius 3 is 2.63 bits per heavy atom. The minimum Gasteiger partial charge on any atom is -0.463 e. The maximum Gasteiger partial charge on any atom is 0.573 e. The normalized spacial score (nSPS) is 11.6. The fraction of sp³-hybridized carbons (Fsp3) is 0.250. The molecule has 19 heavy (non-hydrogen) atoms. The van der Waals surface area contributed by atoms with Gasteiger partial charge in [-0.05, 0) is 30.7 Å².